The van der Waals surface area contributed by atoms with Gasteiger partial charge in [-0.05, 0) is 31.5 Å². The van der Waals surface area contributed by atoms with Gasteiger partial charge < -0.3 is 14.7 Å². The minimum absolute atomic E-state index is 0.0298. The largest absolute Gasteiger partial charge is 0.497 e. The number of nitrogens with zero attached hydrogens (tertiary/aromatic N) is 1. The summed E-state index contributed by atoms with van der Waals surface area (Å²) in [6.45, 7) is 4.40. The molecule has 1 N–H and O–H groups in total. The van der Waals surface area contributed by atoms with Crippen molar-refractivity contribution in [1.29, 1.82) is 0 Å². The molecule has 2 rings (SSSR count). The summed E-state index contributed by atoms with van der Waals surface area (Å²) in [5.41, 5.74) is 1.08. The zero-order valence-corrected chi connectivity index (χ0v) is 11.7. The van der Waals surface area contributed by atoms with E-state index in [1.165, 1.54) is 0 Å². The Hall–Kier alpha value is -1.55. The molecule has 1 aromatic rings. The normalized spacial score (nSPS) is 22.4. The van der Waals surface area contributed by atoms with Crippen molar-refractivity contribution in [3.63, 3.8) is 0 Å². The third kappa shape index (κ3) is 2.89. The van der Waals surface area contributed by atoms with E-state index in [1.807, 2.05) is 36.1 Å². The number of hydrogen-bond donors (Lipinski definition) is 1. The van der Waals surface area contributed by atoms with Crippen LogP contribution in [0, 0.1) is 5.92 Å². The van der Waals surface area contributed by atoms with E-state index in [0.717, 1.165) is 11.3 Å². The molecule has 0 saturated carbocycles. The SMILES string of the molecule is COc1ccc(C(C)N2CC([C@@H](C)O)CC2=O)cc1. The number of carbonyl (C=O) groups excluding carboxylic acids is 1. The highest BCUT2D eigenvalue weighted by atomic mass is 16.5. The molecule has 0 spiro atoms. The summed E-state index contributed by atoms with van der Waals surface area (Å²) in [4.78, 5) is 13.9. The molecule has 0 aliphatic carbocycles. The van der Waals surface area contributed by atoms with Crippen LogP contribution in [0.2, 0.25) is 0 Å². The maximum Gasteiger partial charge on any atom is 0.223 e. The lowest BCUT2D eigenvalue weighted by Gasteiger charge is -2.25. The highest BCUT2D eigenvalue weighted by molar-refractivity contribution is 5.79. The number of aliphatic hydroxyl groups excluding tert-OH is 1. The van der Waals surface area contributed by atoms with Crippen molar-refractivity contribution >= 4 is 5.91 Å². The van der Waals surface area contributed by atoms with E-state index in [1.54, 1.807) is 14.0 Å². The van der Waals surface area contributed by atoms with Gasteiger partial charge >= 0.3 is 0 Å². The van der Waals surface area contributed by atoms with Crippen molar-refractivity contribution in [3.05, 3.63) is 29.8 Å². The summed E-state index contributed by atoms with van der Waals surface area (Å²) < 4.78 is 5.13. The van der Waals surface area contributed by atoms with Gasteiger partial charge in [0.2, 0.25) is 5.91 Å². The van der Waals surface area contributed by atoms with Gasteiger partial charge in [-0.2, -0.15) is 0 Å². The first kappa shape index (κ1) is 13.9. The molecule has 1 saturated heterocycles. The molecule has 0 aromatic heterocycles. The van der Waals surface area contributed by atoms with Crippen molar-refractivity contribution in [2.75, 3.05) is 13.7 Å². The average molecular weight is 263 g/mol. The molecule has 3 atom stereocenters. The maximum atomic E-state index is 12.0. The van der Waals surface area contributed by atoms with E-state index < -0.39 is 6.10 Å². The second kappa shape index (κ2) is 5.61. The monoisotopic (exact) mass is 263 g/mol. The summed E-state index contributed by atoms with van der Waals surface area (Å²) in [6.07, 6.45) is 0.00930. The van der Waals surface area contributed by atoms with E-state index in [9.17, 15) is 9.90 Å². The van der Waals surface area contributed by atoms with Gasteiger partial charge in [0.25, 0.3) is 0 Å². The Morgan fingerprint density at radius 1 is 1.32 bits per heavy atom. The van der Waals surface area contributed by atoms with Gasteiger partial charge in [-0.25, -0.2) is 0 Å². The molecule has 1 aromatic carbocycles. The lowest BCUT2D eigenvalue weighted by Crippen LogP contribution is -2.29. The second-order valence-corrected chi connectivity index (χ2v) is 5.20. The van der Waals surface area contributed by atoms with Gasteiger partial charge in [0.15, 0.2) is 0 Å². The van der Waals surface area contributed by atoms with Crippen LogP contribution < -0.4 is 4.74 Å². The number of likely N-dealkylation sites (tertiary alicyclic amines) is 1. The van der Waals surface area contributed by atoms with Crippen LogP contribution in [0.5, 0.6) is 5.75 Å². The summed E-state index contributed by atoms with van der Waals surface area (Å²) in [5.74, 6) is 0.980. The number of carbonyl (C=O) groups is 1. The van der Waals surface area contributed by atoms with Crippen LogP contribution >= 0.6 is 0 Å². The predicted molar refractivity (Wildman–Crippen MR) is 72.9 cm³/mol. The number of methoxy groups -OCH3 is 1. The Bertz CT molecular complexity index is 441. The number of rotatable bonds is 4. The van der Waals surface area contributed by atoms with Gasteiger partial charge in [0.1, 0.15) is 5.75 Å². The minimum atomic E-state index is -0.433. The lowest BCUT2D eigenvalue weighted by molar-refractivity contribution is -0.129. The fourth-order valence-electron chi connectivity index (χ4n) is 2.52. The number of ether oxygens (including phenoxy) is 1. The van der Waals surface area contributed by atoms with Gasteiger partial charge in [-0.3, -0.25) is 4.79 Å². The first-order valence-corrected chi connectivity index (χ1v) is 6.64. The van der Waals surface area contributed by atoms with Crippen molar-refractivity contribution in [2.24, 2.45) is 5.92 Å². The van der Waals surface area contributed by atoms with Crippen LogP contribution in [0.1, 0.15) is 31.9 Å². The highest BCUT2D eigenvalue weighted by Crippen LogP contribution is 2.30. The van der Waals surface area contributed by atoms with Crippen LogP contribution in [-0.2, 0) is 4.79 Å². The fraction of sp³-hybridized carbons (Fsp3) is 0.533. The molecule has 0 bridgehead atoms. The smallest absolute Gasteiger partial charge is 0.223 e. The molecule has 1 aliphatic heterocycles. The van der Waals surface area contributed by atoms with Crippen LogP contribution in [-0.4, -0.2) is 35.7 Å². The lowest BCUT2D eigenvalue weighted by atomic mass is 10.0. The van der Waals surface area contributed by atoms with Crippen molar-refractivity contribution in [1.82, 2.24) is 4.90 Å². The van der Waals surface area contributed by atoms with Crippen LogP contribution in [0.3, 0.4) is 0 Å². The molecule has 1 aliphatic rings. The van der Waals surface area contributed by atoms with Crippen LogP contribution in [0.15, 0.2) is 24.3 Å². The zero-order valence-electron chi connectivity index (χ0n) is 11.7. The minimum Gasteiger partial charge on any atom is -0.497 e. The summed E-state index contributed by atoms with van der Waals surface area (Å²) >= 11 is 0. The van der Waals surface area contributed by atoms with Crippen molar-refractivity contribution in [3.8, 4) is 5.75 Å². The summed E-state index contributed by atoms with van der Waals surface area (Å²) in [6, 6.07) is 7.79. The second-order valence-electron chi connectivity index (χ2n) is 5.20. The third-order valence-corrected chi connectivity index (χ3v) is 3.94. The number of hydrogen-bond acceptors (Lipinski definition) is 3. The van der Waals surface area contributed by atoms with E-state index >= 15 is 0 Å². The van der Waals surface area contributed by atoms with E-state index in [-0.39, 0.29) is 17.9 Å². The van der Waals surface area contributed by atoms with Gasteiger partial charge in [-0.1, -0.05) is 12.1 Å². The zero-order chi connectivity index (χ0) is 14.0. The Morgan fingerprint density at radius 2 is 1.95 bits per heavy atom. The summed E-state index contributed by atoms with van der Waals surface area (Å²) in [5, 5.41) is 9.61. The Kier molecular flexibility index (Phi) is 4.10. The van der Waals surface area contributed by atoms with Gasteiger partial charge in [-0.15, -0.1) is 0 Å². The molecule has 104 valence electrons. The van der Waals surface area contributed by atoms with Gasteiger partial charge in [0, 0.05) is 18.9 Å². The van der Waals surface area contributed by atoms with Crippen molar-refractivity contribution < 1.29 is 14.6 Å². The topological polar surface area (TPSA) is 49.8 Å². The van der Waals surface area contributed by atoms with Crippen molar-refractivity contribution in [2.45, 2.75) is 32.4 Å². The maximum absolute atomic E-state index is 12.0. The molecule has 4 nitrogen and oxygen atoms in total. The van der Waals surface area contributed by atoms with E-state index in [4.69, 9.17) is 4.74 Å². The van der Waals surface area contributed by atoms with E-state index in [2.05, 4.69) is 0 Å². The number of aliphatic hydroxyl groups is 1. The van der Waals surface area contributed by atoms with Crippen LogP contribution in [0.25, 0.3) is 0 Å². The first-order chi connectivity index (χ1) is 9.02. The third-order valence-electron chi connectivity index (χ3n) is 3.94. The number of amides is 1. The molecular formula is C15H21NO3. The molecule has 0 radical (unpaired) electrons. The highest BCUT2D eigenvalue weighted by Gasteiger charge is 2.35. The fourth-order valence-corrected chi connectivity index (χ4v) is 2.52. The van der Waals surface area contributed by atoms with E-state index in [0.29, 0.717) is 13.0 Å². The first-order valence-electron chi connectivity index (χ1n) is 6.64. The number of benzene rings is 1. The molecule has 1 fully saturated rings. The predicted octanol–water partition coefficient (Wildman–Crippen LogP) is 1.99. The quantitative estimate of drug-likeness (QED) is 0.903. The molecular weight excluding hydrogens is 242 g/mol. The Morgan fingerprint density at radius 3 is 2.42 bits per heavy atom. The van der Waals surface area contributed by atoms with Crippen LogP contribution in [0.4, 0.5) is 0 Å². The summed E-state index contributed by atoms with van der Waals surface area (Å²) in [7, 11) is 1.63. The standard InChI is InChI=1S/C15H21NO3/c1-10(12-4-6-14(19-3)7-5-12)16-9-13(11(2)17)8-15(16)18/h4-7,10-11,13,17H,8-9H2,1-3H3/t10?,11-,13?/m1/s1. The Labute approximate surface area is 114 Å². The average Bonchev–Trinajstić information content (AvgIpc) is 2.80. The molecule has 1 heterocycles. The van der Waals surface area contributed by atoms with Gasteiger partial charge in [0.05, 0.1) is 19.3 Å². The molecule has 19 heavy (non-hydrogen) atoms. The Balaban J connectivity index is 2.10. The molecule has 2 unspecified atom stereocenters. The molecule has 1 amide bonds. The molecule has 4 heteroatoms.